The molecule has 0 saturated heterocycles. The number of aryl methyl sites for hydroxylation is 1. The van der Waals surface area contributed by atoms with Crippen molar-refractivity contribution in [2.45, 2.75) is 0 Å². The third kappa shape index (κ3) is 2.94. The van der Waals surface area contributed by atoms with Crippen LogP contribution in [0.4, 0.5) is 5.95 Å². The first kappa shape index (κ1) is 12.7. The van der Waals surface area contributed by atoms with Crippen molar-refractivity contribution in [2.24, 2.45) is 12.8 Å². The molecule has 0 fully saturated rings. The standard InChI is InChI=1S/C12H12N6O/c1-18-12(15-8-16-18)17-11(19)10-9(4-2-6-13)5-3-7-14-10/h3,5,7-8H,6,13H2,1H3,(H,15,16,17,19). The maximum absolute atomic E-state index is 12.1. The molecule has 2 heterocycles. The average molecular weight is 256 g/mol. The summed E-state index contributed by atoms with van der Waals surface area (Å²) in [5, 5.41) is 6.47. The molecule has 3 N–H and O–H groups in total. The largest absolute Gasteiger partial charge is 0.320 e. The van der Waals surface area contributed by atoms with Crippen LogP contribution in [0, 0.1) is 11.8 Å². The van der Waals surface area contributed by atoms with Gasteiger partial charge in [0.25, 0.3) is 5.91 Å². The molecule has 0 aromatic carbocycles. The van der Waals surface area contributed by atoms with Crippen LogP contribution in [0.25, 0.3) is 0 Å². The van der Waals surface area contributed by atoms with Gasteiger partial charge < -0.3 is 5.73 Å². The molecule has 0 radical (unpaired) electrons. The van der Waals surface area contributed by atoms with Crippen molar-refractivity contribution in [3.05, 3.63) is 35.9 Å². The van der Waals surface area contributed by atoms with Crippen LogP contribution in [-0.2, 0) is 7.05 Å². The number of rotatable bonds is 2. The molecular weight excluding hydrogens is 244 g/mol. The summed E-state index contributed by atoms with van der Waals surface area (Å²) in [5.74, 6) is 5.45. The number of carbonyl (C=O) groups is 1. The number of amides is 1. The summed E-state index contributed by atoms with van der Waals surface area (Å²) in [7, 11) is 1.68. The van der Waals surface area contributed by atoms with Crippen molar-refractivity contribution in [1.29, 1.82) is 0 Å². The van der Waals surface area contributed by atoms with E-state index in [2.05, 4.69) is 32.2 Å². The first-order chi connectivity index (χ1) is 9.22. The van der Waals surface area contributed by atoms with E-state index in [1.165, 1.54) is 17.2 Å². The number of hydrogen-bond donors (Lipinski definition) is 2. The van der Waals surface area contributed by atoms with Crippen LogP contribution in [0.1, 0.15) is 16.1 Å². The second-order valence-electron chi connectivity index (χ2n) is 3.57. The van der Waals surface area contributed by atoms with Gasteiger partial charge in [-0.25, -0.2) is 9.67 Å². The lowest BCUT2D eigenvalue weighted by Crippen LogP contribution is -2.18. The zero-order valence-corrected chi connectivity index (χ0v) is 10.3. The first-order valence-electron chi connectivity index (χ1n) is 5.51. The number of aromatic nitrogens is 4. The van der Waals surface area contributed by atoms with Crippen LogP contribution in [0.3, 0.4) is 0 Å². The SMILES string of the molecule is Cn1ncnc1NC(=O)c1ncccc1C#CCN. The molecule has 2 aromatic heterocycles. The van der Waals surface area contributed by atoms with Crippen molar-refractivity contribution in [1.82, 2.24) is 19.7 Å². The molecule has 0 bridgehead atoms. The molecule has 7 heteroatoms. The van der Waals surface area contributed by atoms with Crippen molar-refractivity contribution >= 4 is 11.9 Å². The summed E-state index contributed by atoms with van der Waals surface area (Å²) in [5.41, 5.74) is 6.07. The van der Waals surface area contributed by atoms with E-state index in [1.54, 1.807) is 19.2 Å². The Balaban J connectivity index is 2.26. The zero-order valence-electron chi connectivity index (χ0n) is 10.3. The number of carbonyl (C=O) groups excluding carboxylic acids is 1. The predicted octanol–water partition coefficient (Wildman–Crippen LogP) is -0.227. The number of nitrogens with zero attached hydrogens (tertiary/aromatic N) is 4. The maximum atomic E-state index is 12.1. The molecule has 1 amide bonds. The lowest BCUT2D eigenvalue weighted by molar-refractivity contribution is 0.102. The van der Waals surface area contributed by atoms with E-state index in [0.29, 0.717) is 11.5 Å². The van der Waals surface area contributed by atoms with Crippen LogP contribution >= 0.6 is 0 Å². The summed E-state index contributed by atoms with van der Waals surface area (Å²) < 4.78 is 1.45. The molecule has 0 spiro atoms. The molecule has 0 aliphatic heterocycles. The average Bonchev–Trinajstić information content (AvgIpc) is 2.82. The Labute approximate surface area is 109 Å². The third-order valence-corrected chi connectivity index (χ3v) is 2.28. The predicted molar refractivity (Wildman–Crippen MR) is 69.1 cm³/mol. The van der Waals surface area contributed by atoms with Crippen LogP contribution < -0.4 is 11.1 Å². The highest BCUT2D eigenvalue weighted by Crippen LogP contribution is 2.07. The van der Waals surface area contributed by atoms with Gasteiger partial charge in [-0.05, 0) is 12.1 Å². The third-order valence-electron chi connectivity index (χ3n) is 2.28. The molecule has 19 heavy (non-hydrogen) atoms. The fourth-order valence-corrected chi connectivity index (χ4v) is 1.40. The Hall–Kier alpha value is -2.72. The Morgan fingerprint density at radius 3 is 3.05 bits per heavy atom. The first-order valence-corrected chi connectivity index (χ1v) is 5.51. The summed E-state index contributed by atoms with van der Waals surface area (Å²) in [6, 6.07) is 3.42. The van der Waals surface area contributed by atoms with Gasteiger partial charge >= 0.3 is 0 Å². The summed E-state index contributed by atoms with van der Waals surface area (Å²) in [4.78, 5) is 20.0. The smallest absolute Gasteiger partial charge is 0.277 e. The fraction of sp³-hybridized carbons (Fsp3) is 0.167. The molecule has 0 unspecified atom stereocenters. The van der Waals surface area contributed by atoms with Gasteiger partial charge in [0, 0.05) is 13.2 Å². The number of pyridine rings is 1. The van der Waals surface area contributed by atoms with Crippen LogP contribution in [0.2, 0.25) is 0 Å². The van der Waals surface area contributed by atoms with Crippen molar-refractivity contribution in [3.63, 3.8) is 0 Å². The van der Waals surface area contributed by atoms with E-state index >= 15 is 0 Å². The lowest BCUT2D eigenvalue weighted by atomic mass is 10.2. The Morgan fingerprint density at radius 2 is 2.37 bits per heavy atom. The minimum atomic E-state index is -0.391. The van der Waals surface area contributed by atoms with Gasteiger partial charge in [0.1, 0.15) is 12.0 Å². The van der Waals surface area contributed by atoms with E-state index in [0.717, 1.165) is 0 Å². The van der Waals surface area contributed by atoms with Crippen molar-refractivity contribution in [3.8, 4) is 11.8 Å². The molecule has 2 aromatic rings. The minimum absolute atomic E-state index is 0.221. The van der Waals surface area contributed by atoms with Crippen LogP contribution in [0.15, 0.2) is 24.7 Å². The molecule has 7 nitrogen and oxygen atoms in total. The molecule has 0 atom stereocenters. The highest BCUT2D eigenvalue weighted by molar-refractivity contribution is 6.03. The van der Waals surface area contributed by atoms with E-state index in [-0.39, 0.29) is 12.2 Å². The molecule has 0 aliphatic carbocycles. The van der Waals surface area contributed by atoms with E-state index < -0.39 is 5.91 Å². The Morgan fingerprint density at radius 1 is 1.53 bits per heavy atom. The summed E-state index contributed by atoms with van der Waals surface area (Å²) in [6.07, 6.45) is 2.88. The van der Waals surface area contributed by atoms with Gasteiger partial charge in [-0.2, -0.15) is 10.1 Å². The molecular formula is C12H12N6O. The highest BCUT2D eigenvalue weighted by Gasteiger charge is 2.13. The van der Waals surface area contributed by atoms with Gasteiger partial charge in [-0.3, -0.25) is 10.1 Å². The molecule has 96 valence electrons. The summed E-state index contributed by atoms with van der Waals surface area (Å²) in [6.45, 7) is 0.221. The number of nitrogens with two attached hydrogens (primary N) is 1. The molecule has 0 aliphatic rings. The maximum Gasteiger partial charge on any atom is 0.277 e. The lowest BCUT2D eigenvalue weighted by Gasteiger charge is -2.04. The second-order valence-corrected chi connectivity index (χ2v) is 3.57. The number of hydrogen-bond acceptors (Lipinski definition) is 5. The Kier molecular flexibility index (Phi) is 3.85. The fourth-order valence-electron chi connectivity index (χ4n) is 1.40. The van der Waals surface area contributed by atoms with Crippen molar-refractivity contribution < 1.29 is 4.79 Å². The van der Waals surface area contributed by atoms with Gasteiger partial charge in [0.05, 0.1) is 12.1 Å². The normalized spacial score (nSPS) is 9.58. The van der Waals surface area contributed by atoms with Crippen molar-refractivity contribution in [2.75, 3.05) is 11.9 Å². The van der Waals surface area contributed by atoms with Gasteiger partial charge in [-0.1, -0.05) is 11.8 Å². The molecule has 0 saturated carbocycles. The zero-order chi connectivity index (χ0) is 13.7. The van der Waals surface area contributed by atoms with Gasteiger partial charge in [0.2, 0.25) is 5.95 Å². The van der Waals surface area contributed by atoms with E-state index in [9.17, 15) is 4.79 Å². The topological polar surface area (TPSA) is 98.7 Å². The number of nitrogens with one attached hydrogen (secondary N) is 1. The molecule has 2 rings (SSSR count). The van der Waals surface area contributed by atoms with Crippen LogP contribution in [0.5, 0.6) is 0 Å². The van der Waals surface area contributed by atoms with E-state index in [1.807, 2.05) is 0 Å². The number of anilines is 1. The monoisotopic (exact) mass is 256 g/mol. The van der Waals surface area contributed by atoms with Gasteiger partial charge in [-0.15, -0.1) is 0 Å². The second kappa shape index (κ2) is 5.75. The highest BCUT2D eigenvalue weighted by atomic mass is 16.2. The Bertz CT molecular complexity index is 651. The quantitative estimate of drug-likeness (QED) is 0.723. The van der Waals surface area contributed by atoms with Crippen LogP contribution in [-0.4, -0.2) is 32.2 Å². The van der Waals surface area contributed by atoms with E-state index in [4.69, 9.17) is 5.73 Å². The minimum Gasteiger partial charge on any atom is -0.320 e. The summed E-state index contributed by atoms with van der Waals surface area (Å²) >= 11 is 0. The van der Waals surface area contributed by atoms with Gasteiger partial charge in [0.15, 0.2) is 0 Å².